The Morgan fingerprint density at radius 2 is 1.79 bits per heavy atom. The second-order valence-electron chi connectivity index (χ2n) is 3.96. The van der Waals surface area contributed by atoms with E-state index in [2.05, 4.69) is 31.9 Å². The largest absolute Gasteiger partial charge is 0.294 e. The lowest BCUT2D eigenvalue weighted by atomic mass is 10.0. The van der Waals surface area contributed by atoms with E-state index < -0.39 is 0 Å². The number of benzene rings is 2. The van der Waals surface area contributed by atoms with Gasteiger partial charge in [0.1, 0.15) is 5.82 Å². The van der Waals surface area contributed by atoms with E-state index >= 15 is 0 Å². The van der Waals surface area contributed by atoms with E-state index in [4.69, 9.17) is 11.6 Å². The highest BCUT2D eigenvalue weighted by Crippen LogP contribution is 2.25. The van der Waals surface area contributed by atoms with Crippen LogP contribution in [0, 0.1) is 5.82 Å². The van der Waals surface area contributed by atoms with Gasteiger partial charge in [0.25, 0.3) is 0 Å². The van der Waals surface area contributed by atoms with Crippen molar-refractivity contribution in [2.24, 2.45) is 0 Å². The summed E-state index contributed by atoms with van der Waals surface area (Å²) in [5.74, 6) is -0.489. The van der Waals surface area contributed by atoms with Gasteiger partial charge in [0.05, 0.1) is 0 Å². The van der Waals surface area contributed by atoms with Crippen molar-refractivity contribution < 1.29 is 9.18 Å². The molecule has 0 N–H and O–H groups in total. The first kappa shape index (κ1) is 14.7. The van der Waals surface area contributed by atoms with Crippen molar-refractivity contribution in [1.82, 2.24) is 0 Å². The van der Waals surface area contributed by atoms with E-state index in [1.165, 1.54) is 12.1 Å². The second kappa shape index (κ2) is 6.16. The molecule has 5 heteroatoms. The third kappa shape index (κ3) is 3.65. The molecule has 0 bridgehead atoms. The maximum atomic E-state index is 13.2. The number of hydrogen-bond acceptors (Lipinski definition) is 1. The van der Waals surface area contributed by atoms with Crippen molar-refractivity contribution in [3.8, 4) is 0 Å². The molecule has 0 aliphatic rings. The average molecular weight is 406 g/mol. The Balaban J connectivity index is 2.30. The summed E-state index contributed by atoms with van der Waals surface area (Å²) in [5, 5.41) is 0.491. The van der Waals surface area contributed by atoms with Gasteiger partial charge in [-0.25, -0.2) is 4.39 Å². The number of halogens is 4. The summed E-state index contributed by atoms with van der Waals surface area (Å²) >= 11 is 12.5. The van der Waals surface area contributed by atoms with Crippen LogP contribution in [0.15, 0.2) is 45.3 Å². The molecule has 0 aliphatic carbocycles. The molecular weight excluding hydrogens is 398 g/mol. The highest BCUT2D eigenvalue weighted by Gasteiger charge is 2.13. The number of Topliss-reactive ketones (excluding diaryl/α,β-unsaturated/α-hetero) is 1. The molecule has 2 aromatic carbocycles. The number of ketones is 1. The highest BCUT2D eigenvalue weighted by molar-refractivity contribution is 9.10. The van der Waals surface area contributed by atoms with Gasteiger partial charge in [-0.2, -0.15) is 0 Å². The summed E-state index contributed by atoms with van der Waals surface area (Å²) in [6.45, 7) is 0. The van der Waals surface area contributed by atoms with Crippen LogP contribution in [0.5, 0.6) is 0 Å². The van der Waals surface area contributed by atoms with E-state index in [0.717, 1.165) is 0 Å². The lowest BCUT2D eigenvalue weighted by molar-refractivity contribution is 0.0992. The first-order valence-corrected chi connectivity index (χ1v) is 7.36. The van der Waals surface area contributed by atoms with Crippen molar-refractivity contribution in [2.75, 3.05) is 0 Å². The van der Waals surface area contributed by atoms with Crippen LogP contribution < -0.4 is 0 Å². The Labute approximate surface area is 132 Å². The summed E-state index contributed by atoms with van der Waals surface area (Å²) < 4.78 is 14.6. The summed E-state index contributed by atoms with van der Waals surface area (Å²) in [7, 11) is 0. The molecule has 0 amide bonds. The van der Waals surface area contributed by atoms with Crippen LogP contribution in [0.4, 0.5) is 4.39 Å². The van der Waals surface area contributed by atoms with Crippen LogP contribution >= 0.6 is 43.5 Å². The van der Waals surface area contributed by atoms with Gasteiger partial charge in [0, 0.05) is 26.0 Å². The molecule has 0 spiro atoms. The third-order valence-electron chi connectivity index (χ3n) is 2.59. The van der Waals surface area contributed by atoms with Crippen molar-refractivity contribution in [1.29, 1.82) is 0 Å². The molecule has 0 heterocycles. The van der Waals surface area contributed by atoms with E-state index in [9.17, 15) is 9.18 Å². The molecule has 0 saturated heterocycles. The molecular formula is C14H8Br2ClFO. The molecule has 2 aromatic rings. The van der Waals surface area contributed by atoms with E-state index in [0.29, 0.717) is 25.1 Å². The molecule has 19 heavy (non-hydrogen) atoms. The molecule has 98 valence electrons. The van der Waals surface area contributed by atoms with Gasteiger partial charge < -0.3 is 0 Å². The van der Waals surface area contributed by atoms with Gasteiger partial charge >= 0.3 is 0 Å². The second-order valence-corrected chi connectivity index (χ2v) is 6.10. The zero-order valence-corrected chi connectivity index (χ0v) is 13.5. The van der Waals surface area contributed by atoms with Crippen molar-refractivity contribution >= 4 is 49.2 Å². The van der Waals surface area contributed by atoms with Gasteiger partial charge in [0.2, 0.25) is 0 Å². The zero-order chi connectivity index (χ0) is 14.0. The number of rotatable bonds is 3. The predicted octanol–water partition coefficient (Wildman–Crippen LogP) is 5.43. The zero-order valence-electron chi connectivity index (χ0n) is 9.59. The fourth-order valence-corrected chi connectivity index (χ4v) is 2.68. The van der Waals surface area contributed by atoms with Crippen LogP contribution in [0.25, 0.3) is 0 Å². The van der Waals surface area contributed by atoms with Gasteiger partial charge in [-0.1, -0.05) is 43.5 Å². The smallest absolute Gasteiger partial charge is 0.168 e. The first-order valence-electron chi connectivity index (χ1n) is 5.39. The van der Waals surface area contributed by atoms with Crippen LogP contribution in [0.2, 0.25) is 5.02 Å². The Morgan fingerprint density at radius 3 is 2.53 bits per heavy atom. The SMILES string of the molecule is O=C(Cc1cc(F)ccc1Br)c1cc(Cl)ccc1Br. The monoisotopic (exact) mass is 404 g/mol. The van der Waals surface area contributed by atoms with Crippen LogP contribution in [0.3, 0.4) is 0 Å². The summed E-state index contributed by atoms with van der Waals surface area (Å²) in [6.07, 6.45) is 0.108. The number of carbonyl (C=O) groups excluding carboxylic acids is 1. The molecule has 0 atom stereocenters. The van der Waals surface area contributed by atoms with Crippen LogP contribution in [0.1, 0.15) is 15.9 Å². The van der Waals surface area contributed by atoms with Gasteiger partial charge in [-0.15, -0.1) is 0 Å². The number of carbonyl (C=O) groups is 1. The summed E-state index contributed by atoms with van der Waals surface area (Å²) in [5.41, 5.74) is 1.10. The Bertz CT molecular complexity index is 643. The lowest BCUT2D eigenvalue weighted by Gasteiger charge is -2.06. The minimum atomic E-state index is -0.365. The van der Waals surface area contributed by atoms with Crippen molar-refractivity contribution in [2.45, 2.75) is 6.42 Å². The lowest BCUT2D eigenvalue weighted by Crippen LogP contribution is -2.05. The van der Waals surface area contributed by atoms with Gasteiger partial charge in [-0.05, 0) is 42.0 Å². The summed E-state index contributed by atoms with van der Waals surface area (Å²) in [4.78, 5) is 12.2. The van der Waals surface area contributed by atoms with Crippen molar-refractivity contribution in [3.63, 3.8) is 0 Å². The minimum absolute atomic E-state index is 0.108. The molecule has 0 fully saturated rings. The molecule has 1 nitrogen and oxygen atoms in total. The molecule has 0 aliphatic heterocycles. The first-order chi connectivity index (χ1) is 8.97. The molecule has 0 unspecified atom stereocenters. The molecule has 0 radical (unpaired) electrons. The van der Waals surface area contributed by atoms with Crippen LogP contribution in [-0.4, -0.2) is 5.78 Å². The third-order valence-corrected chi connectivity index (χ3v) is 4.29. The minimum Gasteiger partial charge on any atom is -0.294 e. The fraction of sp³-hybridized carbons (Fsp3) is 0.0714. The quantitative estimate of drug-likeness (QED) is 0.621. The highest BCUT2D eigenvalue weighted by atomic mass is 79.9. The maximum absolute atomic E-state index is 13.2. The predicted molar refractivity (Wildman–Crippen MR) is 81.3 cm³/mol. The van der Waals surface area contributed by atoms with Gasteiger partial charge in [-0.3, -0.25) is 4.79 Å². The Hall–Kier alpha value is -0.710. The molecule has 2 rings (SSSR count). The number of hydrogen-bond donors (Lipinski definition) is 0. The topological polar surface area (TPSA) is 17.1 Å². The summed E-state index contributed by atoms with van der Waals surface area (Å²) in [6, 6.07) is 9.29. The van der Waals surface area contributed by atoms with E-state index in [1.807, 2.05) is 0 Å². The van der Waals surface area contributed by atoms with Crippen molar-refractivity contribution in [3.05, 3.63) is 67.3 Å². The average Bonchev–Trinajstić information content (AvgIpc) is 2.36. The van der Waals surface area contributed by atoms with E-state index in [-0.39, 0.29) is 18.0 Å². The van der Waals surface area contributed by atoms with Gasteiger partial charge in [0.15, 0.2) is 5.78 Å². The Morgan fingerprint density at radius 1 is 1.11 bits per heavy atom. The van der Waals surface area contributed by atoms with Crippen LogP contribution in [-0.2, 0) is 6.42 Å². The molecule has 0 aromatic heterocycles. The fourth-order valence-electron chi connectivity index (χ4n) is 1.66. The Kier molecular flexibility index (Phi) is 4.76. The normalized spacial score (nSPS) is 10.5. The molecule has 0 saturated carbocycles. The van der Waals surface area contributed by atoms with E-state index in [1.54, 1.807) is 24.3 Å². The standard InChI is InChI=1S/C14H8Br2ClFO/c15-12-4-2-10(18)5-8(12)6-14(19)11-7-9(17)1-3-13(11)16/h1-5,7H,6H2. The maximum Gasteiger partial charge on any atom is 0.168 e.